The number of carbonyl (C=O) groups is 1. The third-order valence-electron chi connectivity index (χ3n) is 2.76. The summed E-state index contributed by atoms with van der Waals surface area (Å²) in [7, 11) is 0. The molecule has 2 N–H and O–H groups in total. The molecular formula is C15H15Cl2N3O. The van der Waals surface area contributed by atoms with Crippen molar-refractivity contribution in [2.45, 2.75) is 13.0 Å². The normalized spacial score (nSPS) is 10.2. The Morgan fingerprint density at radius 2 is 1.95 bits per heavy atom. The largest absolute Gasteiger partial charge is 0.384 e. The molecular weight excluding hydrogens is 309 g/mol. The van der Waals surface area contributed by atoms with E-state index >= 15 is 0 Å². The average molecular weight is 324 g/mol. The van der Waals surface area contributed by atoms with Gasteiger partial charge in [0.2, 0.25) is 5.91 Å². The van der Waals surface area contributed by atoms with E-state index in [0.29, 0.717) is 29.6 Å². The molecule has 1 aromatic carbocycles. The Kier molecular flexibility index (Phi) is 5.84. The topological polar surface area (TPSA) is 54.0 Å². The predicted octanol–water partition coefficient (Wildman–Crippen LogP) is 3.51. The van der Waals surface area contributed by atoms with E-state index in [-0.39, 0.29) is 5.91 Å². The highest BCUT2D eigenvalue weighted by molar-refractivity contribution is 6.35. The first kappa shape index (κ1) is 15.6. The van der Waals surface area contributed by atoms with Gasteiger partial charge in [0.25, 0.3) is 0 Å². The maximum Gasteiger partial charge on any atom is 0.222 e. The molecule has 0 spiro atoms. The zero-order chi connectivity index (χ0) is 15.1. The van der Waals surface area contributed by atoms with Gasteiger partial charge in [0, 0.05) is 47.6 Å². The fraction of sp³-hybridized carbons (Fsp3) is 0.200. The molecule has 1 amide bonds. The van der Waals surface area contributed by atoms with Gasteiger partial charge in [0.05, 0.1) is 0 Å². The molecule has 4 nitrogen and oxygen atoms in total. The second-order valence-corrected chi connectivity index (χ2v) is 5.35. The lowest BCUT2D eigenvalue weighted by Gasteiger charge is -2.08. The van der Waals surface area contributed by atoms with Crippen molar-refractivity contribution in [3.63, 3.8) is 0 Å². The molecule has 21 heavy (non-hydrogen) atoms. The van der Waals surface area contributed by atoms with Crippen LogP contribution in [0.1, 0.15) is 12.0 Å². The molecule has 110 valence electrons. The van der Waals surface area contributed by atoms with Crippen LogP contribution in [0.5, 0.6) is 0 Å². The van der Waals surface area contributed by atoms with Crippen LogP contribution in [0.15, 0.2) is 42.7 Å². The Balaban J connectivity index is 1.72. The maximum atomic E-state index is 11.7. The van der Waals surface area contributed by atoms with E-state index in [1.807, 2.05) is 12.1 Å². The van der Waals surface area contributed by atoms with Crippen molar-refractivity contribution in [1.82, 2.24) is 10.3 Å². The first-order chi connectivity index (χ1) is 10.1. The number of benzene rings is 1. The molecule has 0 aliphatic carbocycles. The van der Waals surface area contributed by atoms with Gasteiger partial charge in [-0.05, 0) is 29.8 Å². The summed E-state index contributed by atoms with van der Waals surface area (Å²) in [5, 5.41) is 7.07. The summed E-state index contributed by atoms with van der Waals surface area (Å²) in [6.45, 7) is 0.991. The molecule has 0 saturated heterocycles. The van der Waals surface area contributed by atoms with Crippen LogP contribution >= 0.6 is 23.2 Å². The first-order valence-electron chi connectivity index (χ1n) is 6.49. The summed E-state index contributed by atoms with van der Waals surface area (Å²) in [5.41, 5.74) is 1.77. The number of aromatic nitrogens is 1. The highest BCUT2D eigenvalue weighted by atomic mass is 35.5. The molecule has 6 heteroatoms. The van der Waals surface area contributed by atoms with E-state index in [1.54, 1.807) is 30.6 Å². The monoisotopic (exact) mass is 323 g/mol. The number of nitrogens with zero attached hydrogens (tertiary/aromatic N) is 1. The fourth-order valence-electron chi connectivity index (χ4n) is 1.77. The minimum absolute atomic E-state index is 0.0283. The predicted molar refractivity (Wildman–Crippen MR) is 85.7 cm³/mol. The van der Waals surface area contributed by atoms with Crippen LogP contribution in [0.3, 0.4) is 0 Å². The second-order valence-electron chi connectivity index (χ2n) is 4.47. The molecule has 1 aromatic heterocycles. The van der Waals surface area contributed by atoms with Gasteiger partial charge >= 0.3 is 0 Å². The lowest BCUT2D eigenvalue weighted by atomic mass is 10.2. The highest BCUT2D eigenvalue weighted by Gasteiger charge is 2.02. The van der Waals surface area contributed by atoms with Gasteiger partial charge in [0.1, 0.15) is 0 Å². The second kappa shape index (κ2) is 7.86. The van der Waals surface area contributed by atoms with Crippen molar-refractivity contribution in [2.24, 2.45) is 0 Å². The van der Waals surface area contributed by atoms with E-state index in [2.05, 4.69) is 15.6 Å². The number of anilines is 1. The van der Waals surface area contributed by atoms with E-state index in [9.17, 15) is 4.79 Å². The lowest BCUT2D eigenvalue weighted by molar-refractivity contribution is -0.121. The number of nitrogens with one attached hydrogen (secondary N) is 2. The van der Waals surface area contributed by atoms with Gasteiger partial charge < -0.3 is 10.6 Å². The molecule has 0 unspecified atom stereocenters. The minimum Gasteiger partial charge on any atom is -0.384 e. The number of pyridine rings is 1. The van der Waals surface area contributed by atoms with Crippen LogP contribution in [-0.2, 0) is 11.3 Å². The molecule has 0 fully saturated rings. The summed E-state index contributed by atoms with van der Waals surface area (Å²) in [6.07, 6.45) is 3.79. The number of rotatable bonds is 6. The van der Waals surface area contributed by atoms with Gasteiger partial charge in [-0.2, -0.15) is 0 Å². The van der Waals surface area contributed by atoms with Crippen LogP contribution in [0, 0.1) is 0 Å². The van der Waals surface area contributed by atoms with Crippen LogP contribution in [-0.4, -0.2) is 17.4 Å². The zero-order valence-corrected chi connectivity index (χ0v) is 12.8. The number of carbonyl (C=O) groups excluding carboxylic acids is 1. The summed E-state index contributed by atoms with van der Waals surface area (Å²) in [4.78, 5) is 15.7. The molecule has 2 aromatic rings. The van der Waals surface area contributed by atoms with Crippen LogP contribution in [0.4, 0.5) is 5.69 Å². The van der Waals surface area contributed by atoms with Gasteiger partial charge in [-0.3, -0.25) is 9.78 Å². The minimum atomic E-state index is -0.0283. The molecule has 0 radical (unpaired) electrons. The van der Waals surface area contributed by atoms with Crippen molar-refractivity contribution in [3.8, 4) is 0 Å². The Bertz CT molecular complexity index is 585. The van der Waals surface area contributed by atoms with Crippen molar-refractivity contribution in [1.29, 1.82) is 0 Å². The van der Waals surface area contributed by atoms with Crippen LogP contribution in [0.25, 0.3) is 0 Å². The Hall–Kier alpha value is -1.78. The number of halogens is 2. The van der Waals surface area contributed by atoms with Crippen molar-refractivity contribution < 1.29 is 4.79 Å². The number of amides is 1. The summed E-state index contributed by atoms with van der Waals surface area (Å²) in [5.74, 6) is -0.0283. The summed E-state index contributed by atoms with van der Waals surface area (Å²) in [6, 6.07) is 8.95. The standard InChI is InChI=1S/C15H15Cl2N3O/c16-12-6-13(17)8-14(7-12)19-5-3-15(21)20-10-11-2-1-4-18-9-11/h1-2,4,6-9,19H,3,5,10H2,(H,20,21). The van der Waals surface area contributed by atoms with Crippen LogP contribution < -0.4 is 10.6 Å². The zero-order valence-electron chi connectivity index (χ0n) is 11.3. The molecule has 0 atom stereocenters. The number of hydrogen-bond donors (Lipinski definition) is 2. The first-order valence-corrected chi connectivity index (χ1v) is 7.24. The Labute approximate surface area is 133 Å². The molecule has 0 saturated carbocycles. The molecule has 0 bridgehead atoms. The Morgan fingerprint density at radius 3 is 2.62 bits per heavy atom. The third-order valence-corrected chi connectivity index (χ3v) is 3.19. The molecule has 2 rings (SSSR count). The van der Waals surface area contributed by atoms with Gasteiger partial charge in [-0.1, -0.05) is 29.3 Å². The van der Waals surface area contributed by atoms with E-state index < -0.39 is 0 Å². The molecule has 0 aliphatic heterocycles. The third kappa shape index (κ3) is 5.61. The average Bonchev–Trinajstić information content (AvgIpc) is 2.45. The summed E-state index contributed by atoms with van der Waals surface area (Å²) >= 11 is 11.8. The van der Waals surface area contributed by atoms with Crippen molar-refractivity contribution >= 4 is 34.8 Å². The van der Waals surface area contributed by atoms with Gasteiger partial charge in [-0.15, -0.1) is 0 Å². The van der Waals surface area contributed by atoms with E-state index in [4.69, 9.17) is 23.2 Å². The fourth-order valence-corrected chi connectivity index (χ4v) is 2.29. The smallest absolute Gasteiger partial charge is 0.222 e. The van der Waals surface area contributed by atoms with Gasteiger partial charge in [-0.25, -0.2) is 0 Å². The Morgan fingerprint density at radius 1 is 1.19 bits per heavy atom. The SMILES string of the molecule is O=C(CCNc1cc(Cl)cc(Cl)c1)NCc1cccnc1. The lowest BCUT2D eigenvalue weighted by Crippen LogP contribution is -2.24. The van der Waals surface area contributed by atoms with E-state index in [0.717, 1.165) is 11.3 Å². The summed E-state index contributed by atoms with van der Waals surface area (Å²) < 4.78 is 0. The van der Waals surface area contributed by atoms with Crippen LogP contribution in [0.2, 0.25) is 10.0 Å². The van der Waals surface area contributed by atoms with E-state index in [1.165, 1.54) is 0 Å². The maximum absolute atomic E-state index is 11.7. The highest BCUT2D eigenvalue weighted by Crippen LogP contribution is 2.22. The molecule has 0 aliphatic rings. The molecule has 1 heterocycles. The van der Waals surface area contributed by atoms with Gasteiger partial charge in [0.15, 0.2) is 0 Å². The quantitative estimate of drug-likeness (QED) is 0.855. The van der Waals surface area contributed by atoms with Crippen molar-refractivity contribution in [2.75, 3.05) is 11.9 Å². The number of hydrogen-bond acceptors (Lipinski definition) is 3. The van der Waals surface area contributed by atoms with Crippen molar-refractivity contribution in [3.05, 3.63) is 58.3 Å².